The molecular formula is C14H23ClN2OS. The zero-order valence-electron chi connectivity index (χ0n) is 11.5. The fourth-order valence-electron chi connectivity index (χ4n) is 1.58. The van der Waals surface area contributed by atoms with Gasteiger partial charge in [-0.1, -0.05) is 19.1 Å². The number of carbonyl (C=O) groups is 1. The van der Waals surface area contributed by atoms with Crippen LogP contribution in [0.4, 0.5) is 0 Å². The molecule has 0 aliphatic carbocycles. The lowest BCUT2D eigenvalue weighted by molar-refractivity contribution is 0.0939. The minimum atomic E-state index is -0.00688. The van der Waals surface area contributed by atoms with E-state index in [1.54, 1.807) is 0 Å². The van der Waals surface area contributed by atoms with Crippen molar-refractivity contribution in [2.45, 2.75) is 32.9 Å². The van der Waals surface area contributed by atoms with Crippen molar-refractivity contribution in [1.29, 1.82) is 0 Å². The Balaban J connectivity index is 0.00000324. The highest BCUT2D eigenvalue weighted by Gasteiger charge is 2.09. The summed E-state index contributed by atoms with van der Waals surface area (Å²) in [5, 5.41) is 3.01. The molecule has 1 aromatic rings. The Hall–Kier alpha value is -0.710. The predicted molar refractivity (Wildman–Crippen MR) is 86.1 cm³/mol. The molecule has 1 amide bonds. The minimum absolute atomic E-state index is 0. The Labute approximate surface area is 126 Å². The summed E-state index contributed by atoms with van der Waals surface area (Å²) in [6.07, 6.45) is 1.01. The molecule has 108 valence electrons. The first-order valence-corrected chi connectivity index (χ1v) is 7.50. The third-order valence-corrected chi connectivity index (χ3v) is 3.66. The van der Waals surface area contributed by atoms with Crippen molar-refractivity contribution in [2.75, 3.05) is 11.5 Å². The van der Waals surface area contributed by atoms with E-state index in [2.05, 4.69) is 12.2 Å². The zero-order valence-corrected chi connectivity index (χ0v) is 13.2. The van der Waals surface area contributed by atoms with Crippen molar-refractivity contribution < 1.29 is 4.79 Å². The van der Waals surface area contributed by atoms with Gasteiger partial charge >= 0.3 is 0 Å². The molecule has 19 heavy (non-hydrogen) atoms. The number of nitrogens with one attached hydrogen (secondary N) is 1. The molecule has 1 aromatic carbocycles. The summed E-state index contributed by atoms with van der Waals surface area (Å²) in [4.78, 5) is 11.9. The van der Waals surface area contributed by atoms with Crippen LogP contribution in [0.15, 0.2) is 24.3 Å². The quantitative estimate of drug-likeness (QED) is 0.762. The lowest BCUT2D eigenvalue weighted by Crippen LogP contribution is -2.32. The lowest BCUT2D eigenvalue weighted by Gasteiger charge is -2.13. The van der Waals surface area contributed by atoms with E-state index in [1.807, 2.05) is 43.0 Å². The Morgan fingerprint density at radius 1 is 1.37 bits per heavy atom. The lowest BCUT2D eigenvalue weighted by atomic mass is 10.1. The molecule has 1 unspecified atom stereocenters. The van der Waals surface area contributed by atoms with Gasteiger partial charge in [0.2, 0.25) is 0 Å². The van der Waals surface area contributed by atoms with Gasteiger partial charge in [-0.2, -0.15) is 11.8 Å². The van der Waals surface area contributed by atoms with Crippen LogP contribution in [0.3, 0.4) is 0 Å². The highest BCUT2D eigenvalue weighted by atomic mass is 35.5. The van der Waals surface area contributed by atoms with E-state index in [0.717, 1.165) is 23.5 Å². The number of nitrogens with two attached hydrogens (primary N) is 1. The number of carbonyl (C=O) groups excluding carboxylic acids is 1. The molecule has 0 aromatic heterocycles. The molecule has 3 nitrogen and oxygen atoms in total. The average Bonchev–Trinajstić information content (AvgIpc) is 2.39. The molecule has 1 atom stereocenters. The summed E-state index contributed by atoms with van der Waals surface area (Å²) in [5.41, 5.74) is 7.26. The number of benzene rings is 1. The maximum absolute atomic E-state index is 11.9. The first-order chi connectivity index (χ1) is 8.67. The standard InChI is InChI=1S/C14H22N2OS.ClH/c1-3-18-9-8-11(2)16-14(17)13-6-4-12(10-15)5-7-13;/h4-7,11H,3,8-10,15H2,1-2H3,(H,16,17);1H. The number of hydrogen-bond acceptors (Lipinski definition) is 3. The van der Waals surface area contributed by atoms with Gasteiger partial charge in [-0.15, -0.1) is 12.4 Å². The van der Waals surface area contributed by atoms with Crippen LogP contribution in [0.2, 0.25) is 0 Å². The van der Waals surface area contributed by atoms with Gasteiger partial charge in [0.05, 0.1) is 0 Å². The third-order valence-electron chi connectivity index (χ3n) is 2.73. The van der Waals surface area contributed by atoms with E-state index >= 15 is 0 Å². The van der Waals surface area contributed by atoms with Crippen LogP contribution in [0.5, 0.6) is 0 Å². The molecule has 0 heterocycles. The molecule has 0 aliphatic heterocycles. The maximum atomic E-state index is 11.9. The second-order valence-corrected chi connectivity index (χ2v) is 5.66. The first-order valence-electron chi connectivity index (χ1n) is 6.35. The molecular weight excluding hydrogens is 280 g/mol. The van der Waals surface area contributed by atoms with E-state index in [4.69, 9.17) is 5.73 Å². The van der Waals surface area contributed by atoms with Gasteiger partial charge in [-0.3, -0.25) is 4.79 Å². The topological polar surface area (TPSA) is 55.1 Å². The van der Waals surface area contributed by atoms with Crippen LogP contribution in [0.25, 0.3) is 0 Å². The van der Waals surface area contributed by atoms with Gasteiger partial charge in [-0.05, 0) is 42.5 Å². The van der Waals surface area contributed by atoms with Crippen molar-refractivity contribution in [2.24, 2.45) is 5.73 Å². The van der Waals surface area contributed by atoms with Crippen LogP contribution in [-0.2, 0) is 6.54 Å². The van der Waals surface area contributed by atoms with Crippen molar-refractivity contribution >= 4 is 30.1 Å². The van der Waals surface area contributed by atoms with Gasteiger partial charge < -0.3 is 11.1 Å². The van der Waals surface area contributed by atoms with E-state index in [1.165, 1.54) is 0 Å². The van der Waals surface area contributed by atoms with Crippen molar-refractivity contribution in [3.63, 3.8) is 0 Å². The van der Waals surface area contributed by atoms with E-state index in [-0.39, 0.29) is 24.4 Å². The van der Waals surface area contributed by atoms with Crippen LogP contribution in [0.1, 0.15) is 36.2 Å². The largest absolute Gasteiger partial charge is 0.350 e. The molecule has 1 rings (SSSR count). The maximum Gasteiger partial charge on any atom is 0.251 e. The SMILES string of the molecule is CCSCCC(C)NC(=O)c1ccc(CN)cc1.Cl. The van der Waals surface area contributed by atoms with Crippen LogP contribution in [0, 0.1) is 0 Å². The molecule has 3 N–H and O–H groups in total. The summed E-state index contributed by atoms with van der Waals surface area (Å²) in [6, 6.07) is 7.65. The van der Waals surface area contributed by atoms with E-state index in [0.29, 0.717) is 12.1 Å². The smallest absolute Gasteiger partial charge is 0.251 e. The highest BCUT2D eigenvalue weighted by molar-refractivity contribution is 7.99. The van der Waals surface area contributed by atoms with Crippen molar-refractivity contribution in [1.82, 2.24) is 5.32 Å². The number of amides is 1. The van der Waals surface area contributed by atoms with Gasteiger partial charge in [0.15, 0.2) is 0 Å². The summed E-state index contributed by atoms with van der Waals surface area (Å²) < 4.78 is 0. The Bertz CT molecular complexity index is 370. The third kappa shape index (κ3) is 6.85. The predicted octanol–water partition coefficient (Wildman–Crippen LogP) is 2.83. The van der Waals surface area contributed by atoms with Crippen LogP contribution >= 0.6 is 24.2 Å². The number of halogens is 1. The molecule has 5 heteroatoms. The fourth-order valence-corrected chi connectivity index (χ4v) is 2.38. The molecule has 0 fully saturated rings. The summed E-state index contributed by atoms with van der Waals surface area (Å²) in [7, 11) is 0. The van der Waals surface area contributed by atoms with Crippen molar-refractivity contribution in [3.05, 3.63) is 35.4 Å². The Morgan fingerprint density at radius 3 is 2.53 bits per heavy atom. The van der Waals surface area contributed by atoms with E-state index in [9.17, 15) is 4.79 Å². The van der Waals surface area contributed by atoms with E-state index < -0.39 is 0 Å². The zero-order chi connectivity index (χ0) is 13.4. The molecule has 0 radical (unpaired) electrons. The number of hydrogen-bond donors (Lipinski definition) is 2. The number of rotatable bonds is 7. The Kier molecular flexibility index (Phi) is 9.74. The average molecular weight is 303 g/mol. The summed E-state index contributed by atoms with van der Waals surface area (Å²) >= 11 is 1.90. The van der Waals surface area contributed by atoms with Gasteiger partial charge in [0.25, 0.3) is 5.91 Å². The molecule has 0 spiro atoms. The first kappa shape index (κ1) is 18.3. The molecule has 0 aliphatic rings. The molecule has 0 bridgehead atoms. The van der Waals surface area contributed by atoms with Crippen molar-refractivity contribution in [3.8, 4) is 0 Å². The van der Waals surface area contributed by atoms with Crippen LogP contribution < -0.4 is 11.1 Å². The van der Waals surface area contributed by atoms with Gasteiger partial charge in [0, 0.05) is 18.2 Å². The Morgan fingerprint density at radius 2 is 2.00 bits per heavy atom. The highest BCUT2D eigenvalue weighted by Crippen LogP contribution is 2.06. The van der Waals surface area contributed by atoms with Gasteiger partial charge in [0.1, 0.15) is 0 Å². The summed E-state index contributed by atoms with van der Waals surface area (Å²) in [5.74, 6) is 2.21. The van der Waals surface area contributed by atoms with Crippen LogP contribution in [-0.4, -0.2) is 23.5 Å². The molecule has 0 saturated carbocycles. The number of thioether (sulfide) groups is 1. The monoisotopic (exact) mass is 302 g/mol. The second kappa shape index (κ2) is 10.1. The minimum Gasteiger partial charge on any atom is -0.350 e. The second-order valence-electron chi connectivity index (χ2n) is 4.26. The molecule has 0 saturated heterocycles. The fraction of sp³-hybridized carbons (Fsp3) is 0.500. The summed E-state index contributed by atoms with van der Waals surface area (Å²) in [6.45, 7) is 4.70. The normalized spacial score (nSPS) is 11.5. The van der Waals surface area contributed by atoms with Gasteiger partial charge in [-0.25, -0.2) is 0 Å².